The highest BCUT2D eigenvalue weighted by Gasteiger charge is 2.77. The van der Waals surface area contributed by atoms with Crippen LogP contribution in [-0.4, -0.2) is 119 Å². The summed E-state index contributed by atoms with van der Waals surface area (Å²) in [5, 5.41) is 10.6. The molecule has 4 fully saturated rings. The quantitative estimate of drug-likeness (QED) is 0.313. The predicted octanol–water partition coefficient (Wildman–Crippen LogP) is 3.30. The summed E-state index contributed by atoms with van der Waals surface area (Å²) in [7, 11) is 0. The molecule has 0 aliphatic carbocycles. The number of likely N-dealkylation sites (tertiary alicyclic amines) is 1. The monoisotopic (exact) mass is 638 g/mol. The molecule has 7 atom stereocenters. The SMILES string of the molecule is C=CCN(CCN1CCOCC1)C(=O)C1N([C@@H](CO)CC(C)C)C(=O)[C@@H]2[C@H](C(=O)N(CC=C)c3ccccc3)[C@@H]3CC(C)C12S3. The molecular formula is C35H50N4O5S. The summed E-state index contributed by atoms with van der Waals surface area (Å²) < 4.78 is 4.75. The summed E-state index contributed by atoms with van der Waals surface area (Å²) in [5.41, 5.74) is 0.764. The van der Waals surface area contributed by atoms with Crippen molar-refractivity contribution in [3.63, 3.8) is 0 Å². The van der Waals surface area contributed by atoms with Gasteiger partial charge >= 0.3 is 0 Å². The van der Waals surface area contributed by atoms with Crippen LogP contribution < -0.4 is 4.90 Å². The number of aliphatic hydroxyl groups is 1. The molecule has 4 aliphatic rings. The van der Waals surface area contributed by atoms with Crippen LogP contribution in [0, 0.1) is 23.7 Å². The summed E-state index contributed by atoms with van der Waals surface area (Å²) in [6, 6.07) is 8.23. The summed E-state index contributed by atoms with van der Waals surface area (Å²) in [6.45, 7) is 18.8. The average molecular weight is 639 g/mol. The first-order valence-corrected chi connectivity index (χ1v) is 17.3. The first kappa shape index (κ1) is 33.7. The third kappa shape index (κ3) is 6.23. The number of rotatable bonds is 14. The highest BCUT2D eigenvalue weighted by Crippen LogP contribution is 2.69. The van der Waals surface area contributed by atoms with Gasteiger partial charge in [0.2, 0.25) is 17.7 Å². The third-order valence-corrected chi connectivity index (χ3v) is 12.2. The van der Waals surface area contributed by atoms with E-state index >= 15 is 0 Å². The standard InChI is InChI=1S/C35H50N4O5S/c1-6-13-37(16-15-36-17-19-44-20-18-36)34(43)31-35-25(5)22-28(45-35)29(30(35)33(42)39(31)27(23-40)21-24(3)4)32(41)38(14-7-2)26-11-9-8-10-12-26/h6-12,24-25,27-31,40H,1-2,13-23H2,3-5H3/t25?,27-,28+,29-,30+,31?,35?/m1/s1. The van der Waals surface area contributed by atoms with Crippen LogP contribution in [0.25, 0.3) is 0 Å². The number of ether oxygens (including phenoxy) is 1. The number of para-hydroxylation sites is 1. The maximum atomic E-state index is 14.9. The van der Waals surface area contributed by atoms with Crippen molar-refractivity contribution < 1.29 is 24.2 Å². The molecule has 3 amide bonds. The molecule has 1 spiro atoms. The van der Waals surface area contributed by atoms with Gasteiger partial charge < -0.3 is 24.5 Å². The second-order valence-corrected chi connectivity index (χ2v) is 14.9. The van der Waals surface area contributed by atoms with E-state index in [0.717, 1.165) is 25.2 Å². The molecular weight excluding hydrogens is 588 g/mol. The van der Waals surface area contributed by atoms with Gasteiger partial charge in [0.25, 0.3) is 0 Å². The van der Waals surface area contributed by atoms with E-state index in [-0.39, 0.29) is 41.4 Å². The fraction of sp³-hybridized carbons (Fsp3) is 0.629. The second-order valence-electron chi connectivity index (χ2n) is 13.4. The zero-order chi connectivity index (χ0) is 32.3. The van der Waals surface area contributed by atoms with Crippen LogP contribution in [0.15, 0.2) is 55.6 Å². The zero-order valence-corrected chi connectivity index (χ0v) is 27.9. The number of aliphatic hydroxyl groups excluding tert-OH is 1. The maximum Gasteiger partial charge on any atom is 0.247 e. The second kappa shape index (κ2) is 14.4. The van der Waals surface area contributed by atoms with Crippen LogP contribution >= 0.6 is 11.8 Å². The van der Waals surface area contributed by atoms with Gasteiger partial charge in [0, 0.05) is 50.2 Å². The van der Waals surface area contributed by atoms with Crippen LogP contribution in [0.3, 0.4) is 0 Å². The van der Waals surface area contributed by atoms with Gasteiger partial charge in [-0.15, -0.1) is 24.9 Å². The topological polar surface area (TPSA) is 93.6 Å². The summed E-state index contributed by atoms with van der Waals surface area (Å²) in [6.07, 6.45) is 4.78. The minimum absolute atomic E-state index is 0.0391. The Morgan fingerprint density at radius 1 is 1.13 bits per heavy atom. The first-order valence-electron chi connectivity index (χ1n) is 16.5. The molecule has 3 unspecified atom stereocenters. The normalized spacial score (nSPS) is 29.9. The number of carbonyl (C=O) groups is 3. The van der Waals surface area contributed by atoms with Gasteiger partial charge in [0.1, 0.15) is 6.04 Å². The van der Waals surface area contributed by atoms with E-state index in [9.17, 15) is 19.5 Å². The molecule has 45 heavy (non-hydrogen) atoms. The van der Waals surface area contributed by atoms with Crippen LogP contribution in [0.2, 0.25) is 0 Å². The van der Waals surface area contributed by atoms with Gasteiger partial charge in [-0.1, -0.05) is 51.1 Å². The van der Waals surface area contributed by atoms with Crippen molar-refractivity contribution in [2.45, 2.75) is 55.7 Å². The lowest BCUT2D eigenvalue weighted by Gasteiger charge is -2.42. The molecule has 0 aromatic heterocycles. The zero-order valence-electron chi connectivity index (χ0n) is 27.1. The van der Waals surface area contributed by atoms with Gasteiger partial charge in [0.05, 0.1) is 42.4 Å². The van der Waals surface area contributed by atoms with Gasteiger partial charge in [-0.2, -0.15) is 0 Å². The Kier molecular flexibility index (Phi) is 10.8. The fourth-order valence-corrected chi connectivity index (χ4v) is 10.6. The fourth-order valence-electron chi connectivity index (χ4n) is 8.18. The van der Waals surface area contributed by atoms with E-state index < -0.39 is 28.7 Å². The summed E-state index contributed by atoms with van der Waals surface area (Å²) in [4.78, 5) is 51.9. The number of nitrogens with zero attached hydrogens (tertiary/aromatic N) is 4. The lowest BCUT2D eigenvalue weighted by Crippen LogP contribution is -2.60. The van der Waals surface area contributed by atoms with E-state index in [1.807, 2.05) is 35.2 Å². The Morgan fingerprint density at radius 3 is 2.44 bits per heavy atom. The number of thioether (sulfide) groups is 1. The lowest BCUT2D eigenvalue weighted by atomic mass is 9.65. The largest absolute Gasteiger partial charge is 0.394 e. The maximum absolute atomic E-state index is 14.9. The van der Waals surface area contributed by atoms with E-state index in [4.69, 9.17) is 4.74 Å². The molecule has 1 aromatic rings. The van der Waals surface area contributed by atoms with Crippen molar-refractivity contribution in [3.8, 4) is 0 Å². The summed E-state index contributed by atoms with van der Waals surface area (Å²) in [5.74, 6) is -1.37. The number of amides is 3. The number of hydrogen-bond acceptors (Lipinski definition) is 7. The minimum atomic E-state index is -0.775. The average Bonchev–Trinajstić information content (AvgIpc) is 3.64. The van der Waals surface area contributed by atoms with Crippen molar-refractivity contribution >= 4 is 35.2 Å². The van der Waals surface area contributed by atoms with E-state index in [0.29, 0.717) is 45.8 Å². The molecule has 0 saturated carbocycles. The molecule has 10 heteroatoms. The van der Waals surface area contributed by atoms with Crippen LogP contribution in [0.4, 0.5) is 5.69 Å². The Labute approximate surface area is 272 Å². The van der Waals surface area contributed by atoms with Gasteiger partial charge in [-0.3, -0.25) is 19.3 Å². The Bertz CT molecular complexity index is 1240. The molecule has 4 heterocycles. The van der Waals surface area contributed by atoms with Crippen LogP contribution in [-0.2, 0) is 19.1 Å². The first-order chi connectivity index (χ1) is 21.7. The highest BCUT2D eigenvalue weighted by atomic mass is 32.2. The number of benzene rings is 1. The Morgan fingerprint density at radius 2 is 1.82 bits per heavy atom. The third-order valence-electron chi connectivity index (χ3n) is 10.1. The van der Waals surface area contributed by atoms with Crippen LogP contribution in [0.5, 0.6) is 0 Å². The van der Waals surface area contributed by atoms with Gasteiger partial charge in [-0.05, 0) is 36.8 Å². The molecule has 5 rings (SSSR count). The molecule has 246 valence electrons. The highest BCUT2D eigenvalue weighted by molar-refractivity contribution is 8.02. The van der Waals surface area contributed by atoms with Crippen molar-refractivity contribution in [3.05, 3.63) is 55.6 Å². The lowest BCUT2D eigenvalue weighted by molar-refractivity contribution is -0.146. The van der Waals surface area contributed by atoms with E-state index in [2.05, 4.69) is 38.8 Å². The Hall–Kier alpha value is -2.66. The van der Waals surface area contributed by atoms with Gasteiger partial charge in [-0.25, -0.2) is 0 Å². The number of hydrogen-bond donors (Lipinski definition) is 1. The number of anilines is 1. The van der Waals surface area contributed by atoms with Crippen LogP contribution in [0.1, 0.15) is 33.6 Å². The molecule has 2 bridgehead atoms. The van der Waals surface area contributed by atoms with E-state index in [1.165, 1.54) is 0 Å². The number of morpholine rings is 1. The molecule has 4 saturated heterocycles. The smallest absolute Gasteiger partial charge is 0.247 e. The van der Waals surface area contributed by atoms with Crippen molar-refractivity contribution in [1.29, 1.82) is 0 Å². The number of fused-ring (bicyclic) bond motifs is 1. The molecule has 0 radical (unpaired) electrons. The molecule has 9 nitrogen and oxygen atoms in total. The molecule has 1 aromatic carbocycles. The molecule has 4 aliphatic heterocycles. The van der Waals surface area contributed by atoms with E-state index in [1.54, 1.807) is 33.7 Å². The summed E-state index contributed by atoms with van der Waals surface area (Å²) >= 11 is 1.68. The predicted molar refractivity (Wildman–Crippen MR) is 179 cm³/mol. The minimum Gasteiger partial charge on any atom is -0.394 e. The van der Waals surface area contributed by atoms with Crippen molar-refractivity contribution in [1.82, 2.24) is 14.7 Å². The Balaban J connectivity index is 1.54. The van der Waals surface area contributed by atoms with Crippen molar-refractivity contribution in [2.24, 2.45) is 23.7 Å². The number of carbonyl (C=O) groups excluding carboxylic acids is 3. The van der Waals surface area contributed by atoms with Crippen molar-refractivity contribution in [2.75, 3.05) is 64.0 Å². The van der Waals surface area contributed by atoms with Gasteiger partial charge in [0.15, 0.2) is 0 Å². The molecule has 1 N–H and O–H groups in total.